The van der Waals surface area contributed by atoms with Crippen molar-refractivity contribution in [3.05, 3.63) is 51.0 Å². The lowest BCUT2D eigenvalue weighted by Crippen LogP contribution is -2.33. The van der Waals surface area contributed by atoms with Gasteiger partial charge in [0.15, 0.2) is 0 Å². The fraction of sp³-hybridized carbons (Fsp3) is 0.368. The van der Waals surface area contributed by atoms with Crippen molar-refractivity contribution >= 4 is 29.1 Å². The number of thiazole rings is 1. The predicted molar refractivity (Wildman–Crippen MR) is 99.4 cm³/mol. The standard InChI is InChI=1S/C19H21N3O3S/c1-10(2)8-22-18(24)14-6-5-13(7-15(14)19(22)25)17(23)20-11(3)16-9-26-12(4)21-16/h5-7,9-11H,8H2,1-4H3,(H,20,23). The van der Waals surface area contributed by atoms with Gasteiger partial charge in [0.2, 0.25) is 0 Å². The van der Waals surface area contributed by atoms with E-state index in [2.05, 4.69) is 10.3 Å². The van der Waals surface area contributed by atoms with Crippen LogP contribution in [0.5, 0.6) is 0 Å². The molecule has 1 N–H and O–H groups in total. The summed E-state index contributed by atoms with van der Waals surface area (Å²) >= 11 is 1.53. The second-order valence-corrected chi connectivity index (χ2v) is 7.92. The maximum Gasteiger partial charge on any atom is 0.261 e. The number of hydrogen-bond acceptors (Lipinski definition) is 5. The second-order valence-electron chi connectivity index (χ2n) is 6.86. The van der Waals surface area contributed by atoms with Gasteiger partial charge in [0.25, 0.3) is 17.7 Å². The molecule has 1 atom stereocenters. The van der Waals surface area contributed by atoms with Crippen LogP contribution in [0.25, 0.3) is 0 Å². The zero-order valence-electron chi connectivity index (χ0n) is 15.2. The molecular weight excluding hydrogens is 350 g/mol. The van der Waals surface area contributed by atoms with Gasteiger partial charge in [-0.2, -0.15) is 0 Å². The zero-order valence-corrected chi connectivity index (χ0v) is 16.0. The van der Waals surface area contributed by atoms with Crippen LogP contribution in [-0.4, -0.2) is 34.2 Å². The Kier molecular flexibility index (Phi) is 4.91. The van der Waals surface area contributed by atoms with E-state index in [-0.39, 0.29) is 29.7 Å². The monoisotopic (exact) mass is 371 g/mol. The van der Waals surface area contributed by atoms with E-state index in [9.17, 15) is 14.4 Å². The van der Waals surface area contributed by atoms with Gasteiger partial charge in [0, 0.05) is 17.5 Å². The largest absolute Gasteiger partial charge is 0.344 e. The summed E-state index contributed by atoms with van der Waals surface area (Å²) < 4.78 is 0. The highest BCUT2D eigenvalue weighted by Crippen LogP contribution is 2.25. The Morgan fingerprint density at radius 2 is 1.88 bits per heavy atom. The van der Waals surface area contributed by atoms with Crippen LogP contribution in [0.3, 0.4) is 0 Å². The molecule has 0 radical (unpaired) electrons. The Balaban J connectivity index is 1.79. The summed E-state index contributed by atoms with van der Waals surface area (Å²) in [6, 6.07) is 4.40. The summed E-state index contributed by atoms with van der Waals surface area (Å²) in [7, 11) is 0. The molecule has 0 saturated heterocycles. The first kappa shape index (κ1) is 18.3. The van der Waals surface area contributed by atoms with E-state index in [1.807, 2.05) is 33.1 Å². The molecule has 3 rings (SSSR count). The molecule has 0 spiro atoms. The Morgan fingerprint density at radius 1 is 1.19 bits per heavy atom. The average Bonchev–Trinajstić information content (AvgIpc) is 3.12. The third-order valence-electron chi connectivity index (χ3n) is 4.21. The number of aryl methyl sites for hydroxylation is 1. The Labute approximate surface area is 156 Å². The van der Waals surface area contributed by atoms with Crippen LogP contribution in [0.4, 0.5) is 0 Å². The van der Waals surface area contributed by atoms with E-state index in [1.54, 1.807) is 12.1 Å². The molecule has 1 aromatic carbocycles. The van der Waals surface area contributed by atoms with E-state index in [0.29, 0.717) is 23.2 Å². The maximum absolute atomic E-state index is 12.5. The van der Waals surface area contributed by atoms with Crippen molar-refractivity contribution < 1.29 is 14.4 Å². The van der Waals surface area contributed by atoms with E-state index in [1.165, 1.54) is 22.3 Å². The van der Waals surface area contributed by atoms with Crippen molar-refractivity contribution in [1.82, 2.24) is 15.2 Å². The highest BCUT2D eigenvalue weighted by atomic mass is 32.1. The quantitative estimate of drug-likeness (QED) is 0.819. The molecule has 1 aromatic heterocycles. The first-order chi connectivity index (χ1) is 12.3. The molecule has 0 fully saturated rings. The van der Waals surface area contributed by atoms with Crippen molar-refractivity contribution in [2.75, 3.05) is 6.54 Å². The van der Waals surface area contributed by atoms with Crippen molar-refractivity contribution in [1.29, 1.82) is 0 Å². The number of rotatable bonds is 5. The maximum atomic E-state index is 12.5. The van der Waals surface area contributed by atoms with Gasteiger partial charge in [-0.25, -0.2) is 4.98 Å². The second kappa shape index (κ2) is 6.99. The van der Waals surface area contributed by atoms with Crippen LogP contribution >= 0.6 is 11.3 Å². The molecule has 1 aliphatic rings. The summed E-state index contributed by atoms with van der Waals surface area (Å²) in [6.45, 7) is 8.04. The number of aromatic nitrogens is 1. The van der Waals surface area contributed by atoms with E-state index >= 15 is 0 Å². The molecular formula is C19H21N3O3S. The molecule has 0 aliphatic carbocycles. The Morgan fingerprint density at radius 3 is 2.50 bits per heavy atom. The number of nitrogens with one attached hydrogen (secondary N) is 1. The number of amides is 3. The predicted octanol–water partition coefficient (Wildman–Crippen LogP) is 3.19. The smallest absolute Gasteiger partial charge is 0.261 e. The number of imide groups is 1. The molecule has 0 bridgehead atoms. The molecule has 0 saturated carbocycles. The number of hydrogen-bond donors (Lipinski definition) is 1. The number of carbonyl (C=O) groups is 3. The van der Waals surface area contributed by atoms with Crippen LogP contribution in [0, 0.1) is 12.8 Å². The summed E-state index contributed by atoms with van der Waals surface area (Å²) in [5, 5.41) is 5.73. The number of nitrogens with zero attached hydrogens (tertiary/aromatic N) is 2. The summed E-state index contributed by atoms with van der Waals surface area (Å²) in [5.41, 5.74) is 1.81. The molecule has 136 valence electrons. The van der Waals surface area contributed by atoms with Crippen molar-refractivity contribution in [3.8, 4) is 0 Å². The van der Waals surface area contributed by atoms with Gasteiger partial charge in [-0.3, -0.25) is 19.3 Å². The number of carbonyl (C=O) groups excluding carboxylic acids is 3. The van der Waals surface area contributed by atoms with Crippen LogP contribution in [0.2, 0.25) is 0 Å². The van der Waals surface area contributed by atoms with Crippen LogP contribution < -0.4 is 5.32 Å². The molecule has 26 heavy (non-hydrogen) atoms. The first-order valence-corrected chi connectivity index (χ1v) is 9.39. The van der Waals surface area contributed by atoms with Crippen LogP contribution in [0.1, 0.15) is 68.6 Å². The summed E-state index contributed by atoms with van der Waals surface area (Å²) in [4.78, 5) is 43.1. The minimum atomic E-state index is -0.337. The van der Waals surface area contributed by atoms with E-state index in [4.69, 9.17) is 0 Å². The minimum Gasteiger partial charge on any atom is -0.344 e. The van der Waals surface area contributed by atoms with Crippen LogP contribution in [-0.2, 0) is 0 Å². The highest BCUT2D eigenvalue weighted by molar-refractivity contribution is 7.09. The van der Waals surface area contributed by atoms with Gasteiger partial charge >= 0.3 is 0 Å². The highest BCUT2D eigenvalue weighted by Gasteiger charge is 2.36. The normalized spacial score (nSPS) is 14.7. The molecule has 3 amide bonds. The third kappa shape index (κ3) is 3.39. The van der Waals surface area contributed by atoms with Crippen LogP contribution in [0.15, 0.2) is 23.6 Å². The Bertz CT molecular complexity index is 888. The molecule has 1 aliphatic heterocycles. The topological polar surface area (TPSA) is 79.4 Å². The van der Waals surface area contributed by atoms with Crippen molar-refractivity contribution in [2.45, 2.75) is 33.7 Å². The first-order valence-electron chi connectivity index (χ1n) is 8.51. The van der Waals surface area contributed by atoms with Gasteiger partial charge in [-0.1, -0.05) is 13.8 Å². The molecule has 2 aromatic rings. The molecule has 6 nitrogen and oxygen atoms in total. The lowest BCUT2D eigenvalue weighted by atomic mass is 10.0. The van der Waals surface area contributed by atoms with Crippen molar-refractivity contribution in [3.63, 3.8) is 0 Å². The zero-order chi connectivity index (χ0) is 19.0. The van der Waals surface area contributed by atoms with Gasteiger partial charge in [0.05, 0.1) is 27.9 Å². The fourth-order valence-corrected chi connectivity index (χ4v) is 3.60. The van der Waals surface area contributed by atoms with Crippen molar-refractivity contribution in [2.24, 2.45) is 5.92 Å². The molecule has 7 heteroatoms. The van der Waals surface area contributed by atoms with Gasteiger partial charge < -0.3 is 5.32 Å². The number of benzene rings is 1. The summed E-state index contributed by atoms with van der Waals surface area (Å²) in [5.74, 6) is -0.746. The molecule has 2 heterocycles. The van der Waals surface area contributed by atoms with E-state index < -0.39 is 0 Å². The third-order valence-corrected chi connectivity index (χ3v) is 5.00. The average molecular weight is 371 g/mol. The van der Waals surface area contributed by atoms with Gasteiger partial charge in [-0.05, 0) is 38.0 Å². The number of fused-ring (bicyclic) bond motifs is 1. The lowest BCUT2D eigenvalue weighted by Gasteiger charge is -2.15. The van der Waals surface area contributed by atoms with Gasteiger partial charge in [0.1, 0.15) is 0 Å². The molecule has 1 unspecified atom stereocenters. The van der Waals surface area contributed by atoms with Gasteiger partial charge in [-0.15, -0.1) is 11.3 Å². The fourth-order valence-electron chi connectivity index (χ4n) is 2.90. The minimum absolute atomic E-state index is 0.183. The lowest BCUT2D eigenvalue weighted by molar-refractivity contribution is 0.0636. The Hall–Kier alpha value is -2.54. The van der Waals surface area contributed by atoms with E-state index in [0.717, 1.165) is 10.7 Å². The SMILES string of the molecule is Cc1nc(C(C)NC(=O)c2ccc3c(c2)C(=O)N(CC(C)C)C3=O)cs1. The summed E-state index contributed by atoms with van der Waals surface area (Å²) in [6.07, 6.45) is 0.